The van der Waals surface area contributed by atoms with Gasteiger partial charge in [-0.25, -0.2) is 4.98 Å². The second kappa shape index (κ2) is 6.45. The fraction of sp³-hybridized carbons (Fsp3) is 0.318. The highest BCUT2D eigenvalue weighted by Crippen LogP contribution is 2.57. The number of anilines is 2. The molecular formula is C22H21ClN4O. The zero-order chi connectivity index (χ0) is 19.4. The number of halogens is 1. The van der Waals surface area contributed by atoms with Crippen molar-refractivity contribution in [3.05, 3.63) is 47.4 Å². The maximum absolute atomic E-state index is 12.6. The quantitative estimate of drug-likeness (QED) is 0.626. The summed E-state index contributed by atoms with van der Waals surface area (Å²) in [6, 6.07) is 5.80. The van der Waals surface area contributed by atoms with Gasteiger partial charge in [0.2, 0.25) is 5.91 Å². The number of carbonyl (C=O) groups excluding carboxylic acids is 1. The van der Waals surface area contributed by atoms with Gasteiger partial charge in [0.05, 0.1) is 10.7 Å². The Bertz CT molecular complexity index is 1100. The number of nitrogen functional groups attached to an aromatic ring is 1. The third kappa shape index (κ3) is 2.73. The van der Waals surface area contributed by atoms with Crippen molar-refractivity contribution in [1.29, 1.82) is 0 Å². The van der Waals surface area contributed by atoms with Gasteiger partial charge in [0, 0.05) is 41.0 Å². The third-order valence-corrected chi connectivity index (χ3v) is 6.70. The van der Waals surface area contributed by atoms with Gasteiger partial charge in [-0.15, -0.1) is 0 Å². The minimum absolute atomic E-state index is 0.0896. The average Bonchev–Trinajstić information content (AvgIpc) is 3.18. The summed E-state index contributed by atoms with van der Waals surface area (Å²) >= 11 is 6.56. The van der Waals surface area contributed by atoms with E-state index in [9.17, 15) is 4.79 Å². The number of aromatic nitrogens is 2. The van der Waals surface area contributed by atoms with Crippen molar-refractivity contribution in [3.8, 4) is 11.1 Å². The van der Waals surface area contributed by atoms with Gasteiger partial charge in [0.25, 0.3) is 0 Å². The summed E-state index contributed by atoms with van der Waals surface area (Å²) < 4.78 is 0. The van der Waals surface area contributed by atoms with Gasteiger partial charge in [0.1, 0.15) is 5.82 Å². The Morgan fingerprint density at radius 3 is 2.75 bits per heavy atom. The van der Waals surface area contributed by atoms with E-state index in [1.807, 2.05) is 25.1 Å². The molecule has 2 heterocycles. The molecule has 2 aromatic heterocycles. The third-order valence-electron chi connectivity index (χ3n) is 6.29. The monoisotopic (exact) mass is 392 g/mol. The van der Waals surface area contributed by atoms with Crippen molar-refractivity contribution >= 4 is 39.8 Å². The fourth-order valence-corrected chi connectivity index (χ4v) is 4.99. The molecule has 28 heavy (non-hydrogen) atoms. The normalized spacial score (nSPS) is 22.9. The molecule has 3 N–H and O–H groups in total. The molecule has 2 aliphatic carbocycles. The van der Waals surface area contributed by atoms with Gasteiger partial charge >= 0.3 is 0 Å². The van der Waals surface area contributed by atoms with Gasteiger partial charge in [0.15, 0.2) is 0 Å². The number of pyridine rings is 2. The van der Waals surface area contributed by atoms with Crippen LogP contribution in [-0.4, -0.2) is 15.9 Å². The summed E-state index contributed by atoms with van der Waals surface area (Å²) in [6.07, 6.45) is 8.83. The Kier molecular flexibility index (Phi) is 4.02. The van der Waals surface area contributed by atoms with Crippen molar-refractivity contribution in [3.63, 3.8) is 0 Å². The maximum atomic E-state index is 12.6. The summed E-state index contributed by atoms with van der Waals surface area (Å²) in [7, 11) is 0. The summed E-state index contributed by atoms with van der Waals surface area (Å²) in [5.41, 5.74) is 9.62. The predicted octanol–water partition coefficient (Wildman–Crippen LogP) is 4.83. The minimum Gasteiger partial charge on any atom is -0.397 e. The number of amides is 1. The van der Waals surface area contributed by atoms with Crippen molar-refractivity contribution in [1.82, 2.24) is 9.97 Å². The first-order valence-corrected chi connectivity index (χ1v) is 10.0. The smallest absolute Gasteiger partial charge is 0.229 e. The first-order chi connectivity index (χ1) is 13.5. The van der Waals surface area contributed by atoms with Crippen LogP contribution in [0.5, 0.6) is 0 Å². The number of nitrogens with one attached hydrogen (secondary N) is 1. The Morgan fingerprint density at radius 2 is 2.00 bits per heavy atom. The summed E-state index contributed by atoms with van der Waals surface area (Å²) in [4.78, 5) is 21.2. The second-order valence-corrected chi connectivity index (χ2v) is 8.28. The van der Waals surface area contributed by atoms with Crippen molar-refractivity contribution < 1.29 is 4.79 Å². The van der Waals surface area contributed by atoms with E-state index in [2.05, 4.69) is 15.3 Å². The molecule has 1 amide bonds. The lowest BCUT2D eigenvalue weighted by molar-refractivity contribution is -0.118. The van der Waals surface area contributed by atoms with E-state index in [-0.39, 0.29) is 11.8 Å². The molecule has 3 aromatic rings. The molecule has 6 heteroatoms. The topological polar surface area (TPSA) is 80.9 Å². The van der Waals surface area contributed by atoms with Gasteiger partial charge in [-0.1, -0.05) is 18.0 Å². The molecule has 3 atom stereocenters. The molecule has 0 bridgehead atoms. The summed E-state index contributed by atoms with van der Waals surface area (Å²) in [5.74, 6) is 1.96. The van der Waals surface area contributed by atoms with Gasteiger partial charge in [-0.05, 0) is 60.7 Å². The molecule has 0 unspecified atom stereocenters. The van der Waals surface area contributed by atoms with E-state index in [1.54, 1.807) is 18.6 Å². The molecule has 5 rings (SSSR count). The second-order valence-electron chi connectivity index (χ2n) is 7.91. The molecular weight excluding hydrogens is 372 g/mol. The Labute approximate surface area is 168 Å². The van der Waals surface area contributed by atoms with Crippen LogP contribution in [0.2, 0.25) is 5.02 Å². The highest BCUT2D eigenvalue weighted by atomic mass is 35.5. The van der Waals surface area contributed by atoms with Gasteiger partial charge < -0.3 is 11.1 Å². The van der Waals surface area contributed by atoms with Crippen LogP contribution in [0.3, 0.4) is 0 Å². The van der Waals surface area contributed by atoms with Crippen molar-refractivity contribution in [2.24, 2.45) is 17.8 Å². The number of benzene rings is 1. The Hall–Kier alpha value is -2.66. The first kappa shape index (κ1) is 17.4. The maximum Gasteiger partial charge on any atom is 0.229 e. The predicted molar refractivity (Wildman–Crippen MR) is 112 cm³/mol. The molecule has 5 nitrogen and oxygen atoms in total. The molecule has 0 spiro atoms. The van der Waals surface area contributed by atoms with Crippen LogP contribution in [-0.2, 0) is 4.79 Å². The lowest BCUT2D eigenvalue weighted by Gasteiger charge is -2.13. The van der Waals surface area contributed by atoms with Crippen LogP contribution < -0.4 is 11.1 Å². The molecule has 0 saturated heterocycles. The molecule has 2 aliphatic rings. The van der Waals surface area contributed by atoms with E-state index in [0.717, 1.165) is 27.5 Å². The molecule has 2 fully saturated rings. The first-order valence-electron chi connectivity index (χ1n) is 9.64. The lowest BCUT2D eigenvalue weighted by Crippen LogP contribution is -2.17. The average molecular weight is 393 g/mol. The molecule has 1 aromatic carbocycles. The van der Waals surface area contributed by atoms with E-state index < -0.39 is 0 Å². The molecule has 142 valence electrons. The number of aryl methyl sites for hydroxylation is 1. The van der Waals surface area contributed by atoms with E-state index in [4.69, 9.17) is 17.3 Å². The van der Waals surface area contributed by atoms with Crippen molar-refractivity contribution in [2.75, 3.05) is 11.1 Å². The Morgan fingerprint density at radius 1 is 1.21 bits per heavy atom. The standard InChI is InChI=1S/C22H21ClN4O/c1-11-5-6-25-9-16(11)15-7-12-8-18(26-10-17(12)21(24)20(15)23)27-22(28)19-13-3-2-4-14(13)19/h5-10,13-14,19H,2-4,24H2,1H3,(H,26,27,28)/t13-,14+,19+. The number of carbonyl (C=O) groups is 1. The van der Waals surface area contributed by atoms with Gasteiger partial charge in [-0.3, -0.25) is 9.78 Å². The molecule has 0 radical (unpaired) electrons. The van der Waals surface area contributed by atoms with Crippen molar-refractivity contribution in [2.45, 2.75) is 26.2 Å². The van der Waals surface area contributed by atoms with Crippen LogP contribution in [0, 0.1) is 24.7 Å². The molecule has 2 saturated carbocycles. The minimum atomic E-state index is 0.0896. The highest BCUT2D eigenvalue weighted by Gasteiger charge is 2.56. The molecule has 0 aliphatic heterocycles. The van der Waals surface area contributed by atoms with Crippen LogP contribution in [0.15, 0.2) is 36.8 Å². The number of hydrogen-bond acceptors (Lipinski definition) is 4. The summed E-state index contributed by atoms with van der Waals surface area (Å²) in [5, 5.41) is 5.15. The summed E-state index contributed by atoms with van der Waals surface area (Å²) in [6.45, 7) is 2.01. The largest absolute Gasteiger partial charge is 0.397 e. The van der Waals surface area contributed by atoms with Crippen LogP contribution in [0.25, 0.3) is 21.9 Å². The number of hydrogen-bond donors (Lipinski definition) is 2. The zero-order valence-electron chi connectivity index (χ0n) is 15.6. The van der Waals surface area contributed by atoms with E-state index >= 15 is 0 Å². The zero-order valence-corrected chi connectivity index (χ0v) is 16.3. The number of nitrogens with zero attached hydrogens (tertiary/aromatic N) is 2. The van der Waals surface area contributed by atoms with Crippen LogP contribution >= 0.6 is 11.6 Å². The fourth-order valence-electron chi connectivity index (χ4n) is 4.73. The van der Waals surface area contributed by atoms with Crippen LogP contribution in [0.4, 0.5) is 11.5 Å². The number of nitrogens with two attached hydrogens (primary N) is 1. The van der Waals surface area contributed by atoms with Crippen LogP contribution in [0.1, 0.15) is 24.8 Å². The van der Waals surface area contributed by atoms with Gasteiger partial charge in [-0.2, -0.15) is 0 Å². The highest BCUT2D eigenvalue weighted by molar-refractivity contribution is 6.37. The lowest BCUT2D eigenvalue weighted by atomic mass is 9.99. The Balaban J connectivity index is 1.51. The number of rotatable bonds is 3. The van der Waals surface area contributed by atoms with E-state index in [0.29, 0.717) is 28.4 Å². The number of fused-ring (bicyclic) bond motifs is 2. The SMILES string of the molecule is Cc1ccncc1-c1cc2cc(NC(=O)[C@H]3[C@@H]4CCC[C@@H]43)ncc2c(N)c1Cl. The van der Waals surface area contributed by atoms with E-state index in [1.165, 1.54) is 19.3 Å².